The van der Waals surface area contributed by atoms with E-state index >= 15 is 0 Å². The zero-order valence-electron chi connectivity index (χ0n) is 18.6. The standard InChI is InChI=1S/C25H28N4O3/c1-4-28(16-19(2)25(31)32-3)23(30)13-12-22-18-29(17-20-9-6-5-7-10-20)27-24(22)21-11-8-14-26-15-21/h5-15,18-19H,4,16-17H2,1-3H3/b13-12+. The summed E-state index contributed by atoms with van der Waals surface area (Å²) in [6.45, 7) is 5.05. The first-order valence-corrected chi connectivity index (χ1v) is 10.6. The van der Waals surface area contributed by atoms with E-state index in [1.165, 1.54) is 13.2 Å². The van der Waals surface area contributed by atoms with Gasteiger partial charge in [-0.3, -0.25) is 19.3 Å². The minimum atomic E-state index is -0.392. The van der Waals surface area contributed by atoms with Crippen LogP contribution in [0.1, 0.15) is 25.0 Å². The number of carbonyl (C=O) groups is 2. The van der Waals surface area contributed by atoms with E-state index in [0.29, 0.717) is 19.6 Å². The van der Waals surface area contributed by atoms with Crippen molar-refractivity contribution in [1.82, 2.24) is 19.7 Å². The lowest BCUT2D eigenvalue weighted by Crippen LogP contribution is -2.36. The van der Waals surface area contributed by atoms with Crippen LogP contribution in [0.3, 0.4) is 0 Å². The minimum Gasteiger partial charge on any atom is -0.469 e. The molecule has 0 spiro atoms. The van der Waals surface area contributed by atoms with Crippen molar-refractivity contribution in [1.29, 1.82) is 0 Å². The number of ether oxygens (including phenoxy) is 1. The van der Waals surface area contributed by atoms with Gasteiger partial charge in [0.1, 0.15) is 5.69 Å². The van der Waals surface area contributed by atoms with Gasteiger partial charge >= 0.3 is 5.97 Å². The first-order chi connectivity index (χ1) is 15.5. The quantitative estimate of drug-likeness (QED) is 0.381. The molecular formula is C25H28N4O3. The van der Waals surface area contributed by atoms with E-state index in [2.05, 4.69) is 4.98 Å². The topological polar surface area (TPSA) is 77.3 Å². The molecule has 0 saturated heterocycles. The molecule has 1 unspecified atom stereocenters. The number of nitrogens with zero attached hydrogens (tertiary/aromatic N) is 4. The molecule has 3 rings (SSSR count). The van der Waals surface area contributed by atoms with Gasteiger partial charge in [-0.2, -0.15) is 5.10 Å². The fourth-order valence-electron chi connectivity index (χ4n) is 3.39. The van der Waals surface area contributed by atoms with Gasteiger partial charge in [-0.15, -0.1) is 0 Å². The van der Waals surface area contributed by atoms with E-state index in [-0.39, 0.29) is 11.9 Å². The van der Waals surface area contributed by atoms with Crippen molar-refractivity contribution >= 4 is 18.0 Å². The third kappa shape index (κ3) is 5.91. The Bertz CT molecular complexity index is 1060. The Balaban J connectivity index is 1.84. The summed E-state index contributed by atoms with van der Waals surface area (Å²) in [4.78, 5) is 30.3. The molecule has 32 heavy (non-hydrogen) atoms. The first kappa shape index (κ1) is 22.9. The Kier molecular flexibility index (Phi) is 7.91. The van der Waals surface area contributed by atoms with Crippen LogP contribution in [0.4, 0.5) is 0 Å². The lowest BCUT2D eigenvalue weighted by Gasteiger charge is -2.22. The number of likely N-dealkylation sites (N-methyl/N-ethyl adjacent to an activating group) is 1. The summed E-state index contributed by atoms with van der Waals surface area (Å²) in [6, 6.07) is 13.9. The maximum atomic E-state index is 12.8. The predicted molar refractivity (Wildman–Crippen MR) is 123 cm³/mol. The highest BCUT2D eigenvalue weighted by Crippen LogP contribution is 2.23. The fourth-order valence-corrected chi connectivity index (χ4v) is 3.39. The molecule has 0 bridgehead atoms. The molecule has 0 aliphatic carbocycles. The highest BCUT2D eigenvalue weighted by molar-refractivity contribution is 5.93. The monoisotopic (exact) mass is 432 g/mol. The average molecular weight is 433 g/mol. The van der Waals surface area contributed by atoms with E-state index in [1.54, 1.807) is 30.3 Å². The number of esters is 1. The van der Waals surface area contributed by atoms with Crippen LogP contribution in [-0.4, -0.2) is 51.7 Å². The molecule has 0 N–H and O–H groups in total. The van der Waals surface area contributed by atoms with Gasteiger partial charge in [-0.25, -0.2) is 0 Å². The van der Waals surface area contributed by atoms with Crippen LogP contribution in [0.15, 0.2) is 67.1 Å². The second-order valence-electron chi connectivity index (χ2n) is 7.49. The number of hydrogen-bond donors (Lipinski definition) is 0. The molecule has 0 fully saturated rings. The lowest BCUT2D eigenvalue weighted by molar-refractivity contribution is -0.146. The van der Waals surface area contributed by atoms with Crippen LogP contribution in [-0.2, 0) is 20.9 Å². The van der Waals surface area contributed by atoms with E-state index in [0.717, 1.165) is 22.4 Å². The van der Waals surface area contributed by atoms with Crippen LogP contribution in [0.5, 0.6) is 0 Å². The summed E-state index contributed by atoms with van der Waals surface area (Å²) in [6.07, 6.45) is 8.68. The number of aromatic nitrogens is 3. The third-order valence-electron chi connectivity index (χ3n) is 5.11. The molecule has 1 aromatic carbocycles. The highest BCUT2D eigenvalue weighted by Gasteiger charge is 2.19. The molecule has 1 amide bonds. The predicted octanol–water partition coefficient (Wildman–Crippen LogP) is 3.66. The number of amides is 1. The van der Waals surface area contributed by atoms with E-state index < -0.39 is 5.92 Å². The minimum absolute atomic E-state index is 0.170. The maximum Gasteiger partial charge on any atom is 0.310 e. The van der Waals surface area contributed by atoms with Crippen LogP contribution < -0.4 is 0 Å². The van der Waals surface area contributed by atoms with Crippen molar-refractivity contribution in [3.05, 3.63) is 78.3 Å². The van der Waals surface area contributed by atoms with Crippen LogP contribution in [0, 0.1) is 5.92 Å². The largest absolute Gasteiger partial charge is 0.469 e. The molecule has 166 valence electrons. The molecule has 2 heterocycles. The lowest BCUT2D eigenvalue weighted by atomic mass is 10.1. The zero-order valence-corrected chi connectivity index (χ0v) is 18.6. The fraction of sp³-hybridized carbons (Fsp3) is 0.280. The number of hydrogen-bond acceptors (Lipinski definition) is 5. The van der Waals surface area contributed by atoms with Gasteiger partial charge in [-0.1, -0.05) is 37.3 Å². The summed E-state index contributed by atoms with van der Waals surface area (Å²) in [5.74, 6) is -0.894. The molecule has 0 aliphatic rings. The second-order valence-corrected chi connectivity index (χ2v) is 7.49. The summed E-state index contributed by atoms with van der Waals surface area (Å²) < 4.78 is 6.63. The third-order valence-corrected chi connectivity index (χ3v) is 5.11. The number of methoxy groups -OCH3 is 1. The smallest absolute Gasteiger partial charge is 0.310 e. The van der Waals surface area contributed by atoms with Gasteiger partial charge in [0, 0.05) is 48.9 Å². The van der Waals surface area contributed by atoms with Crippen molar-refractivity contribution in [2.75, 3.05) is 20.2 Å². The molecule has 2 aromatic heterocycles. The van der Waals surface area contributed by atoms with Gasteiger partial charge in [0.25, 0.3) is 0 Å². The van der Waals surface area contributed by atoms with Crippen LogP contribution in [0.2, 0.25) is 0 Å². The summed E-state index contributed by atoms with van der Waals surface area (Å²) >= 11 is 0. The Morgan fingerprint density at radius 2 is 1.97 bits per heavy atom. The second kappa shape index (κ2) is 11.0. The van der Waals surface area contributed by atoms with Crippen molar-refractivity contribution in [2.24, 2.45) is 5.92 Å². The van der Waals surface area contributed by atoms with E-state index in [4.69, 9.17) is 9.84 Å². The average Bonchev–Trinajstić information content (AvgIpc) is 3.23. The zero-order chi connectivity index (χ0) is 22.9. The number of carbonyl (C=O) groups excluding carboxylic acids is 2. The summed E-state index contributed by atoms with van der Waals surface area (Å²) in [5.41, 5.74) is 3.58. The Morgan fingerprint density at radius 3 is 2.62 bits per heavy atom. The Labute approximate surface area is 188 Å². The van der Waals surface area contributed by atoms with Gasteiger partial charge in [0.05, 0.1) is 19.6 Å². The van der Waals surface area contributed by atoms with Gasteiger partial charge in [-0.05, 0) is 30.7 Å². The van der Waals surface area contributed by atoms with Gasteiger partial charge < -0.3 is 9.64 Å². The summed E-state index contributed by atoms with van der Waals surface area (Å²) in [7, 11) is 1.35. The van der Waals surface area contributed by atoms with Crippen LogP contribution in [0.25, 0.3) is 17.3 Å². The number of pyridine rings is 1. The molecule has 3 aromatic rings. The van der Waals surface area contributed by atoms with Crippen molar-refractivity contribution in [2.45, 2.75) is 20.4 Å². The molecule has 0 radical (unpaired) electrons. The molecule has 7 nitrogen and oxygen atoms in total. The number of benzene rings is 1. The highest BCUT2D eigenvalue weighted by atomic mass is 16.5. The van der Waals surface area contributed by atoms with Crippen molar-refractivity contribution in [3.63, 3.8) is 0 Å². The van der Waals surface area contributed by atoms with Gasteiger partial charge in [0.15, 0.2) is 0 Å². The Hall–Kier alpha value is -3.74. The van der Waals surface area contributed by atoms with Gasteiger partial charge in [0.2, 0.25) is 5.91 Å². The van der Waals surface area contributed by atoms with Crippen molar-refractivity contribution in [3.8, 4) is 11.3 Å². The molecule has 1 atom stereocenters. The maximum absolute atomic E-state index is 12.8. The molecule has 0 saturated carbocycles. The molecule has 0 aliphatic heterocycles. The molecular weight excluding hydrogens is 404 g/mol. The number of rotatable bonds is 9. The SMILES string of the molecule is CCN(CC(C)C(=O)OC)C(=O)/C=C/c1cn(Cc2ccccc2)nc1-c1cccnc1. The van der Waals surface area contributed by atoms with Crippen LogP contribution >= 0.6 is 0 Å². The molecule has 7 heteroatoms. The Morgan fingerprint density at radius 1 is 1.19 bits per heavy atom. The van der Waals surface area contributed by atoms with Crippen molar-refractivity contribution < 1.29 is 14.3 Å². The van der Waals surface area contributed by atoms with E-state index in [1.807, 2.05) is 60.3 Å². The normalized spacial score (nSPS) is 12.0. The first-order valence-electron chi connectivity index (χ1n) is 10.6. The summed E-state index contributed by atoms with van der Waals surface area (Å²) in [5, 5.41) is 4.74. The van der Waals surface area contributed by atoms with E-state index in [9.17, 15) is 9.59 Å².